The van der Waals surface area contributed by atoms with E-state index >= 15 is 0 Å². The van der Waals surface area contributed by atoms with Crippen LogP contribution in [0.2, 0.25) is 0 Å². The van der Waals surface area contributed by atoms with Crippen molar-refractivity contribution in [2.75, 3.05) is 18.5 Å². The van der Waals surface area contributed by atoms with Crippen LogP contribution in [0.5, 0.6) is 0 Å². The molecule has 0 aliphatic carbocycles. The summed E-state index contributed by atoms with van der Waals surface area (Å²) in [7, 11) is 1.70. The standard InChI is InChI=1S/C17H18N2O2/c1-19(15-10-6-3-7-11-15)17(21)13-18-16(20)12-14-8-4-2-5-9-14/h2-11H,12-13H2,1H3,(H,18,20). The summed E-state index contributed by atoms with van der Waals surface area (Å²) in [5.41, 5.74) is 1.73. The zero-order valence-corrected chi connectivity index (χ0v) is 12.0. The molecule has 0 aliphatic heterocycles. The zero-order valence-electron chi connectivity index (χ0n) is 12.0. The molecule has 2 amide bonds. The van der Waals surface area contributed by atoms with Gasteiger partial charge in [-0.2, -0.15) is 0 Å². The van der Waals surface area contributed by atoms with Gasteiger partial charge in [-0.15, -0.1) is 0 Å². The number of rotatable bonds is 5. The van der Waals surface area contributed by atoms with E-state index in [1.165, 1.54) is 4.90 Å². The van der Waals surface area contributed by atoms with Crippen LogP contribution >= 0.6 is 0 Å². The van der Waals surface area contributed by atoms with Gasteiger partial charge in [0, 0.05) is 12.7 Å². The van der Waals surface area contributed by atoms with Gasteiger partial charge in [0.1, 0.15) is 0 Å². The Morgan fingerprint density at radius 3 is 2.14 bits per heavy atom. The molecule has 0 unspecified atom stereocenters. The molecule has 4 nitrogen and oxygen atoms in total. The highest BCUT2D eigenvalue weighted by atomic mass is 16.2. The Bertz CT molecular complexity index is 597. The molecule has 0 heterocycles. The minimum atomic E-state index is -0.156. The second-order valence-electron chi connectivity index (χ2n) is 4.73. The smallest absolute Gasteiger partial charge is 0.246 e. The largest absolute Gasteiger partial charge is 0.347 e. The highest BCUT2D eigenvalue weighted by Gasteiger charge is 2.12. The minimum Gasteiger partial charge on any atom is -0.347 e. The van der Waals surface area contributed by atoms with Gasteiger partial charge < -0.3 is 10.2 Å². The van der Waals surface area contributed by atoms with Gasteiger partial charge in [-0.25, -0.2) is 0 Å². The van der Waals surface area contributed by atoms with E-state index < -0.39 is 0 Å². The van der Waals surface area contributed by atoms with E-state index in [9.17, 15) is 9.59 Å². The average Bonchev–Trinajstić information content (AvgIpc) is 2.53. The number of benzene rings is 2. The maximum absolute atomic E-state index is 12.0. The molecule has 0 bridgehead atoms. The first kappa shape index (κ1) is 14.8. The first-order valence-corrected chi connectivity index (χ1v) is 6.79. The van der Waals surface area contributed by atoms with E-state index in [0.29, 0.717) is 0 Å². The number of carbonyl (C=O) groups is 2. The number of nitrogens with one attached hydrogen (secondary N) is 1. The van der Waals surface area contributed by atoms with Crippen LogP contribution in [0, 0.1) is 0 Å². The van der Waals surface area contributed by atoms with Gasteiger partial charge in [0.2, 0.25) is 11.8 Å². The molecule has 0 atom stereocenters. The van der Waals surface area contributed by atoms with Crippen molar-refractivity contribution in [3.8, 4) is 0 Å². The number of likely N-dealkylation sites (N-methyl/N-ethyl adjacent to an activating group) is 1. The van der Waals surface area contributed by atoms with Crippen molar-refractivity contribution in [1.29, 1.82) is 0 Å². The Morgan fingerprint density at radius 2 is 1.52 bits per heavy atom. The number of carbonyl (C=O) groups excluding carboxylic acids is 2. The Morgan fingerprint density at radius 1 is 0.952 bits per heavy atom. The first-order chi connectivity index (χ1) is 10.2. The lowest BCUT2D eigenvalue weighted by Crippen LogP contribution is -2.38. The monoisotopic (exact) mass is 282 g/mol. The normalized spacial score (nSPS) is 9.95. The van der Waals surface area contributed by atoms with Crippen LogP contribution in [0.3, 0.4) is 0 Å². The number of anilines is 1. The maximum Gasteiger partial charge on any atom is 0.246 e. The molecular formula is C17H18N2O2. The molecule has 0 spiro atoms. The van der Waals surface area contributed by atoms with Crippen LogP contribution in [0.25, 0.3) is 0 Å². The van der Waals surface area contributed by atoms with E-state index in [2.05, 4.69) is 5.32 Å². The van der Waals surface area contributed by atoms with E-state index in [0.717, 1.165) is 11.3 Å². The van der Waals surface area contributed by atoms with E-state index in [1.54, 1.807) is 7.05 Å². The van der Waals surface area contributed by atoms with Gasteiger partial charge in [0.05, 0.1) is 13.0 Å². The van der Waals surface area contributed by atoms with Crippen molar-refractivity contribution >= 4 is 17.5 Å². The molecule has 2 aromatic carbocycles. The van der Waals surface area contributed by atoms with Gasteiger partial charge in [0.25, 0.3) is 0 Å². The molecule has 2 aromatic rings. The number of para-hydroxylation sites is 1. The fourth-order valence-corrected chi connectivity index (χ4v) is 1.93. The fourth-order valence-electron chi connectivity index (χ4n) is 1.93. The predicted octanol–water partition coefficient (Wildman–Crippen LogP) is 2.01. The SMILES string of the molecule is CN(C(=O)CNC(=O)Cc1ccccc1)c1ccccc1. The van der Waals surface area contributed by atoms with Crippen LogP contribution in [-0.4, -0.2) is 25.4 Å². The number of hydrogen-bond acceptors (Lipinski definition) is 2. The quantitative estimate of drug-likeness (QED) is 0.912. The lowest BCUT2D eigenvalue weighted by Gasteiger charge is -2.17. The van der Waals surface area contributed by atoms with Gasteiger partial charge in [-0.05, 0) is 17.7 Å². The molecule has 0 aromatic heterocycles. The topological polar surface area (TPSA) is 49.4 Å². The molecule has 0 fully saturated rings. The summed E-state index contributed by atoms with van der Waals surface area (Å²) in [6, 6.07) is 18.8. The predicted molar refractivity (Wildman–Crippen MR) is 83.0 cm³/mol. The van der Waals surface area contributed by atoms with Crippen LogP contribution < -0.4 is 10.2 Å². The Balaban J connectivity index is 1.82. The molecule has 0 aliphatic rings. The van der Waals surface area contributed by atoms with Crippen molar-refractivity contribution in [1.82, 2.24) is 5.32 Å². The van der Waals surface area contributed by atoms with Gasteiger partial charge in [0.15, 0.2) is 0 Å². The lowest BCUT2D eigenvalue weighted by atomic mass is 10.1. The van der Waals surface area contributed by atoms with Crippen LogP contribution in [0.15, 0.2) is 60.7 Å². The second kappa shape index (κ2) is 7.24. The summed E-state index contributed by atoms with van der Waals surface area (Å²) < 4.78 is 0. The molecule has 0 radical (unpaired) electrons. The Labute approximate surface area is 124 Å². The Kier molecular flexibility index (Phi) is 5.10. The van der Waals surface area contributed by atoms with E-state index in [-0.39, 0.29) is 24.8 Å². The number of nitrogens with zero attached hydrogens (tertiary/aromatic N) is 1. The zero-order chi connectivity index (χ0) is 15.1. The average molecular weight is 282 g/mol. The van der Waals surface area contributed by atoms with Crippen molar-refractivity contribution in [3.05, 3.63) is 66.2 Å². The summed E-state index contributed by atoms with van der Waals surface area (Å²) in [6.45, 7) is -0.00292. The third-order valence-corrected chi connectivity index (χ3v) is 3.16. The molecule has 0 saturated heterocycles. The molecule has 4 heteroatoms. The van der Waals surface area contributed by atoms with Crippen molar-refractivity contribution in [2.24, 2.45) is 0 Å². The van der Waals surface area contributed by atoms with Crippen molar-refractivity contribution in [3.63, 3.8) is 0 Å². The van der Waals surface area contributed by atoms with Crippen LogP contribution in [-0.2, 0) is 16.0 Å². The number of hydrogen-bond donors (Lipinski definition) is 1. The Hall–Kier alpha value is -2.62. The van der Waals surface area contributed by atoms with Gasteiger partial charge >= 0.3 is 0 Å². The fraction of sp³-hybridized carbons (Fsp3) is 0.176. The van der Waals surface area contributed by atoms with Crippen molar-refractivity contribution in [2.45, 2.75) is 6.42 Å². The van der Waals surface area contributed by atoms with Crippen LogP contribution in [0.1, 0.15) is 5.56 Å². The highest BCUT2D eigenvalue weighted by Crippen LogP contribution is 2.10. The molecule has 1 N–H and O–H groups in total. The van der Waals surface area contributed by atoms with E-state index in [1.807, 2.05) is 60.7 Å². The summed E-state index contributed by atoms with van der Waals surface area (Å²) >= 11 is 0. The third-order valence-electron chi connectivity index (χ3n) is 3.16. The second-order valence-corrected chi connectivity index (χ2v) is 4.73. The van der Waals surface area contributed by atoms with E-state index in [4.69, 9.17) is 0 Å². The molecule has 0 saturated carbocycles. The number of amides is 2. The summed E-state index contributed by atoms with van der Waals surface area (Å²) in [6.07, 6.45) is 0.281. The lowest BCUT2D eigenvalue weighted by molar-refractivity contribution is -0.124. The summed E-state index contributed by atoms with van der Waals surface area (Å²) in [5, 5.41) is 2.65. The van der Waals surface area contributed by atoms with Gasteiger partial charge in [-0.3, -0.25) is 9.59 Å². The molecular weight excluding hydrogens is 264 g/mol. The molecule has 21 heavy (non-hydrogen) atoms. The summed E-state index contributed by atoms with van der Waals surface area (Å²) in [4.78, 5) is 25.3. The van der Waals surface area contributed by atoms with Crippen LogP contribution in [0.4, 0.5) is 5.69 Å². The summed E-state index contributed by atoms with van der Waals surface area (Å²) in [5.74, 6) is -0.307. The van der Waals surface area contributed by atoms with Gasteiger partial charge in [-0.1, -0.05) is 48.5 Å². The maximum atomic E-state index is 12.0. The minimum absolute atomic E-state index is 0.00292. The molecule has 108 valence electrons. The highest BCUT2D eigenvalue weighted by molar-refractivity contribution is 5.96. The molecule has 2 rings (SSSR count). The third kappa shape index (κ3) is 4.45. The first-order valence-electron chi connectivity index (χ1n) is 6.79. The van der Waals surface area contributed by atoms with Crippen molar-refractivity contribution < 1.29 is 9.59 Å².